The molecule has 2 N–H and O–H groups in total. The average molecular weight is 252 g/mol. The fraction of sp³-hybridized carbons (Fsp3) is 0.0667. The third kappa shape index (κ3) is 2.02. The van der Waals surface area contributed by atoms with Gasteiger partial charge in [0.15, 0.2) is 0 Å². The summed E-state index contributed by atoms with van der Waals surface area (Å²) in [4.78, 5) is 7.98. The van der Waals surface area contributed by atoms with Crippen LogP contribution in [-0.4, -0.2) is 20.2 Å². The van der Waals surface area contributed by atoms with Crippen LogP contribution in [0.25, 0.3) is 21.9 Å². The maximum atomic E-state index is 9.79. The van der Waals surface area contributed by atoms with Gasteiger partial charge in [0.1, 0.15) is 12.1 Å². The predicted molar refractivity (Wildman–Crippen MR) is 72.6 cm³/mol. The van der Waals surface area contributed by atoms with E-state index in [1.54, 1.807) is 18.5 Å². The van der Waals surface area contributed by atoms with Gasteiger partial charge in [-0.25, -0.2) is 9.97 Å². The van der Waals surface area contributed by atoms with Crippen molar-refractivity contribution in [2.45, 2.75) is 6.61 Å². The minimum Gasteiger partial charge on any atom is -0.508 e. The summed E-state index contributed by atoms with van der Waals surface area (Å²) in [7, 11) is 0. The van der Waals surface area contributed by atoms with Crippen molar-refractivity contribution in [2.75, 3.05) is 0 Å². The van der Waals surface area contributed by atoms with Crippen LogP contribution in [0.2, 0.25) is 0 Å². The van der Waals surface area contributed by atoms with Gasteiger partial charge in [-0.05, 0) is 28.5 Å². The van der Waals surface area contributed by atoms with Crippen molar-refractivity contribution < 1.29 is 10.2 Å². The van der Waals surface area contributed by atoms with Crippen molar-refractivity contribution in [3.05, 3.63) is 54.6 Å². The maximum Gasteiger partial charge on any atom is 0.121 e. The molecule has 4 heteroatoms. The zero-order chi connectivity index (χ0) is 13.2. The van der Waals surface area contributed by atoms with Gasteiger partial charge in [0, 0.05) is 23.5 Å². The molecule has 3 aromatic rings. The second-order valence-electron chi connectivity index (χ2n) is 4.28. The van der Waals surface area contributed by atoms with Crippen molar-refractivity contribution in [3.63, 3.8) is 0 Å². The van der Waals surface area contributed by atoms with Gasteiger partial charge in [0.25, 0.3) is 0 Å². The van der Waals surface area contributed by atoms with Crippen LogP contribution in [0.3, 0.4) is 0 Å². The summed E-state index contributed by atoms with van der Waals surface area (Å²) in [6, 6.07) is 9.28. The highest BCUT2D eigenvalue weighted by atomic mass is 16.3. The molecule has 0 atom stereocenters. The van der Waals surface area contributed by atoms with Crippen molar-refractivity contribution in [2.24, 2.45) is 0 Å². The molecule has 0 saturated carbocycles. The molecule has 0 aliphatic carbocycles. The quantitative estimate of drug-likeness (QED) is 0.735. The van der Waals surface area contributed by atoms with E-state index in [4.69, 9.17) is 0 Å². The van der Waals surface area contributed by atoms with Gasteiger partial charge in [0.2, 0.25) is 0 Å². The Labute approximate surface area is 110 Å². The van der Waals surface area contributed by atoms with Crippen LogP contribution >= 0.6 is 0 Å². The van der Waals surface area contributed by atoms with E-state index in [9.17, 15) is 10.2 Å². The first kappa shape index (κ1) is 11.6. The van der Waals surface area contributed by atoms with Gasteiger partial charge in [-0.2, -0.15) is 0 Å². The summed E-state index contributed by atoms with van der Waals surface area (Å²) in [6.07, 6.45) is 4.95. The predicted octanol–water partition coefficient (Wildman–Crippen LogP) is 2.49. The van der Waals surface area contributed by atoms with Crippen LogP contribution in [0.1, 0.15) is 5.56 Å². The highest BCUT2D eigenvalue weighted by Gasteiger charge is 2.07. The number of aliphatic hydroxyl groups excluding tert-OH is 1. The number of phenols is 1. The number of nitrogens with zero attached hydrogens (tertiary/aromatic N) is 2. The lowest BCUT2D eigenvalue weighted by Gasteiger charge is -2.08. The maximum absolute atomic E-state index is 9.79. The van der Waals surface area contributed by atoms with Crippen LogP contribution in [0.15, 0.2) is 49.1 Å². The molecule has 0 spiro atoms. The Morgan fingerprint density at radius 3 is 2.42 bits per heavy atom. The molecule has 3 rings (SSSR count). The number of aliphatic hydroxyl groups is 1. The highest BCUT2D eigenvalue weighted by molar-refractivity contribution is 5.91. The molecule has 4 nitrogen and oxygen atoms in total. The number of fused-ring (bicyclic) bond motifs is 1. The fourth-order valence-electron chi connectivity index (χ4n) is 2.16. The minimum atomic E-state index is -0.197. The summed E-state index contributed by atoms with van der Waals surface area (Å²) >= 11 is 0. The van der Waals surface area contributed by atoms with E-state index in [2.05, 4.69) is 9.97 Å². The third-order valence-corrected chi connectivity index (χ3v) is 3.16. The Kier molecular flexibility index (Phi) is 2.85. The van der Waals surface area contributed by atoms with Crippen molar-refractivity contribution in [1.29, 1.82) is 0 Å². The zero-order valence-corrected chi connectivity index (χ0v) is 10.1. The van der Waals surface area contributed by atoms with Crippen molar-refractivity contribution in [3.8, 4) is 16.9 Å². The van der Waals surface area contributed by atoms with Gasteiger partial charge in [0.05, 0.1) is 6.61 Å². The Morgan fingerprint density at radius 2 is 1.68 bits per heavy atom. The molecule has 0 bridgehead atoms. The monoisotopic (exact) mass is 252 g/mol. The van der Waals surface area contributed by atoms with E-state index in [-0.39, 0.29) is 12.4 Å². The lowest BCUT2D eigenvalue weighted by Crippen LogP contribution is -1.89. The molecule has 94 valence electrons. The van der Waals surface area contributed by atoms with Crippen molar-refractivity contribution >= 4 is 10.8 Å². The molecule has 19 heavy (non-hydrogen) atoms. The number of aromatic hydroxyl groups is 1. The number of hydrogen-bond donors (Lipinski definition) is 2. The first-order valence-corrected chi connectivity index (χ1v) is 5.90. The zero-order valence-electron chi connectivity index (χ0n) is 10.1. The molecule has 0 amide bonds. The lowest BCUT2D eigenvalue weighted by molar-refractivity contribution is 0.277. The standard InChI is InChI=1S/C15H12N2O2/c18-8-14-13-5-11(12-6-16-9-17-7-12)2-1-10(13)3-4-15(14)19/h1-7,9,18-19H,8H2. The number of rotatable bonds is 2. The van der Waals surface area contributed by atoms with Crippen molar-refractivity contribution in [1.82, 2.24) is 9.97 Å². The van der Waals surface area contributed by atoms with Crippen LogP contribution in [0, 0.1) is 0 Å². The van der Waals surface area contributed by atoms with E-state index in [1.807, 2.05) is 24.3 Å². The van der Waals surface area contributed by atoms with Crippen LogP contribution < -0.4 is 0 Å². The Bertz CT molecular complexity index is 727. The first-order chi connectivity index (χ1) is 9.29. The molecule has 2 aromatic carbocycles. The molecule has 0 aliphatic rings. The van der Waals surface area contributed by atoms with Gasteiger partial charge in [-0.1, -0.05) is 18.2 Å². The van der Waals surface area contributed by atoms with Gasteiger partial charge in [-0.15, -0.1) is 0 Å². The van der Waals surface area contributed by atoms with Gasteiger partial charge < -0.3 is 10.2 Å². The normalized spacial score (nSPS) is 10.8. The molecule has 0 unspecified atom stereocenters. The van der Waals surface area contributed by atoms with E-state index >= 15 is 0 Å². The number of hydrogen-bond acceptors (Lipinski definition) is 4. The number of benzene rings is 2. The smallest absolute Gasteiger partial charge is 0.121 e. The van der Waals surface area contributed by atoms with Crippen LogP contribution in [0.5, 0.6) is 5.75 Å². The molecule has 0 radical (unpaired) electrons. The summed E-state index contributed by atoms with van der Waals surface area (Å²) in [5.41, 5.74) is 2.39. The number of aromatic nitrogens is 2. The second kappa shape index (κ2) is 4.66. The fourth-order valence-corrected chi connectivity index (χ4v) is 2.16. The first-order valence-electron chi connectivity index (χ1n) is 5.90. The largest absolute Gasteiger partial charge is 0.508 e. The van der Waals surface area contributed by atoms with E-state index in [0.29, 0.717) is 5.56 Å². The SMILES string of the molecule is OCc1c(O)ccc2ccc(-c3cncnc3)cc12. The van der Waals surface area contributed by atoms with E-state index in [0.717, 1.165) is 21.9 Å². The molecular weight excluding hydrogens is 240 g/mol. The van der Waals surface area contributed by atoms with E-state index < -0.39 is 0 Å². The molecule has 0 aliphatic heterocycles. The Balaban J connectivity index is 2.25. The van der Waals surface area contributed by atoms with Gasteiger partial charge >= 0.3 is 0 Å². The summed E-state index contributed by atoms with van der Waals surface area (Å²) in [5.74, 6) is 0.108. The lowest BCUT2D eigenvalue weighted by atomic mass is 9.99. The summed E-state index contributed by atoms with van der Waals surface area (Å²) < 4.78 is 0. The molecule has 1 aromatic heterocycles. The minimum absolute atomic E-state index is 0.108. The topological polar surface area (TPSA) is 66.2 Å². The van der Waals surface area contributed by atoms with Crippen LogP contribution in [-0.2, 0) is 6.61 Å². The summed E-state index contributed by atoms with van der Waals surface area (Å²) in [5, 5.41) is 21.0. The average Bonchev–Trinajstić information content (AvgIpc) is 2.47. The molecule has 1 heterocycles. The van der Waals surface area contributed by atoms with Crippen LogP contribution in [0.4, 0.5) is 0 Å². The van der Waals surface area contributed by atoms with Gasteiger partial charge in [-0.3, -0.25) is 0 Å². The highest BCUT2D eigenvalue weighted by Crippen LogP contribution is 2.30. The Morgan fingerprint density at radius 1 is 0.947 bits per heavy atom. The third-order valence-electron chi connectivity index (χ3n) is 3.16. The second-order valence-corrected chi connectivity index (χ2v) is 4.28. The molecule has 0 fully saturated rings. The Hall–Kier alpha value is -2.46. The molecule has 0 saturated heterocycles. The molecular formula is C15H12N2O2. The van der Waals surface area contributed by atoms with E-state index in [1.165, 1.54) is 6.33 Å². The summed E-state index contributed by atoms with van der Waals surface area (Å²) in [6.45, 7) is -0.197.